The molecule has 1 heterocycles. The van der Waals surface area contributed by atoms with E-state index in [2.05, 4.69) is 39.9 Å². The number of nitrogens with zero attached hydrogens (tertiary/aromatic N) is 1. The molecule has 1 fully saturated rings. The lowest BCUT2D eigenvalue weighted by molar-refractivity contribution is 0.186. The molecule has 2 atom stereocenters. The van der Waals surface area contributed by atoms with Crippen LogP contribution < -0.4 is 5.73 Å². The number of likely N-dealkylation sites (tertiary alicyclic amines) is 1. The van der Waals surface area contributed by atoms with Gasteiger partial charge < -0.3 is 5.73 Å². The van der Waals surface area contributed by atoms with Crippen LogP contribution in [0.3, 0.4) is 0 Å². The van der Waals surface area contributed by atoms with Gasteiger partial charge in [-0.1, -0.05) is 46.9 Å². The van der Waals surface area contributed by atoms with Crippen molar-refractivity contribution in [1.82, 2.24) is 4.90 Å². The van der Waals surface area contributed by atoms with Crippen LogP contribution in [0.1, 0.15) is 44.2 Å². The molecule has 1 aliphatic heterocycles. The van der Waals surface area contributed by atoms with Crippen molar-refractivity contribution in [3.05, 3.63) is 33.3 Å². The van der Waals surface area contributed by atoms with Crippen LogP contribution in [0.15, 0.2) is 22.7 Å². The lowest BCUT2D eigenvalue weighted by Gasteiger charge is -2.34. The van der Waals surface area contributed by atoms with Gasteiger partial charge in [-0.15, -0.1) is 0 Å². The van der Waals surface area contributed by atoms with Crippen LogP contribution in [0, 0.1) is 0 Å². The van der Waals surface area contributed by atoms with Gasteiger partial charge in [0.25, 0.3) is 0 Å². The van der Waals surface area contributed by atoms with Crippen molar-refractivity contribution < 1.29 is 0 Å². The van der Waals surface area contributed by atoms with Crippen molar-refractivity contribution in [2.24, 2.45) is 5.73 Å². The molecular formula is C15H22BrClN2. The van der Waals surface area contributed by atoms with E-state index in [0.29, 0.717) is 0 Å². The van der Waals surface area contributed by atoms with E-state index < -0.39 is 0 Å². The fourth-order valence-electron chi connectivity index (χ4n) is 2.97. The van der Waals surface area contributed by atoms with Crippen molar-refractivity contribution in [2.45, 2.75) is 44.7 Å². The average molecular weight is 346 g/mol. The normalized spacial score (nSPS) is 25.3. The molecule has 2 unspecified atom stereocenters. The summed E-state index contributed by atoms with van der Waals surface area (Å²) in [6.45, 7) is 4.43. The van der Waals surface area contributed by atoms with Crippen molar-refractivity contribution >= 4 is 27.5 Å². The van der Waals surface area contributed by atoms with Gasteiger partial charge in [-0.3, -0.25) is 4.90 Å². The van der Waals surface area contributed by atoms with Crippen molar-refractivity contribution in [3.63, 3.8) is 0 Å². The topological polar surface area (TPSA) is 29.3 Å². The van der Waals surface area contributed by atoms with E-state index in [1.807, 2.05) is 6.07 Å². The fraction of sp³-hybridized carbons (Fsp3) is 0.600. The van der Waals surface area contributed by atoms with Crippen LogP contribution in [0.5, 0.6) is 0 Å². The number of benzene rings is 1. The van der Waals surface area contributed by atoms with E-state index in [1.165, 1.54) is 18.4 Å². The number of hydrogen-bond acceptors (Lipinski definition) is 2. The number of halogens is 2. The SMILES string of the molecule is CCCN1CCCCC(N)C1c1ccc(Br)cc1Cl. The highest BCUT2D eigenvalue weighted by atomic mass is 79.9. The molecule has 1 aromatic rings. The monoisotopic (exact) mass is 344 g/mol. The predicted octanol–water partition coefficient (Wildman–Crippen LogP) is 4.37. The summed E-state index contributed by atoms with van der Waals surface area (Å²) in [5.41, 5.74) is 7.60. The highest BCUT2D eigenvalue weighted by Crippen LogP contribution is 2.35. The molecule has 106 valence electrons. The van der Waals surface area contributed by atoms with Gasteiger partial charge in [-0.2, -0.15) is 0 Å². The van der Waals surface area contributed by atoms with Gasteiger partial charge in [-0.05, 0) is 50.0 Å². The van der Waals surface area contributed by atoms with Gasteiger partial charge in [0, 0.05) is 15.5 Å². The number of rotatable bonds is 3. The van der Waals surface area contributed by atoms with Crippen LogP contribution in [0.4, 0.5) is 0 Å². The highest BCUT2D eigenvalue weighted by molar-refractivity contribution is 9.10. The summed E-state index contributed by atoms with van der Waals surface area (Å²) in [5, 5.41) is 0.817. The van der Waals surface area contributed by atoms with E-state index in [9.17, 15) is 0 Å². The predicted molar refractivity (Wildman–Crippen MR) is 85.6 cm³/mol. The minimum atomic E-state index is 0.174. The Bertz CT molecular complexity index is 425. The molecule has 2 N–H and O–H groups in total. The molecule has 0 aliphatic carbocycles. The molecular weight excluding hydrogens is 324 g/mol. The van der Waals surface area contributed by atoms with E-state index in [0.717, 1.165) is 35.4 Å². The quantitative estimate of drug-likeness (QED) is 0.881. The Morgan fingerprint density at radius 1 is 1.42 bits per heavy atom. The molecule has 0 radical (unpaired) electrons. The van der Waals surface area contributed by atoms with Gasteiger partial charge in [0.1, 0.15) is 0 Å². The van der Waals surface area contributed by atoms with Crippen LogP contribution >= 0.6 is 27.5 Å². The van der Waals surface area contributed by atoms with Crippen LogP contribution in [-0.2, 0) is 0 Å². The Labute approximate surface area is 129 Å². The van der Waals surface area contributed by atoms with E-state index in [-0.39, 0.29) is 12.1 Å². The molecule has 19 heavy (non-hydrogen) atoms. The van der Waals surface area contributed by atoms with Crippen molar-refractivity contribution in [3.8, 4) is 0 Å². The number of nitrogens with two attached hydrogens (primary N) is 1. The van der Waals surface area contributed by atoms with Gasteiger partial charge >= 0.3 is 0 Å². The smallest absolute Gasteiger partial charge is 0.0513 e. The largest absolute Gasteiger partial charge is 0.326 e. The summed E-state index contributed by atoms with van der Waals surface area (Å²) < 4.78 is 1.02. The second-order valence-electron chi connectivity index (χ2n) is 5.31. The third-order valence-corrected chi connectivity index (χ3v) is 4.64. The van der Waals surface area contributed by atoms with E-state index in [1.54, 1.807) is 0 Å². The molecule has 0 aromatic heterocycles. The van der Waals surface area contributed by atoms with E-state index in [4.69, 9.17) is 17.3 Å². The third kappa shape index (κ3) is 3.72. The molecule has 0 bridgehead atoms. The molecule has 1 aliphatic rings. The maximum absolute atomic E-state index is 6.43. The Balaban J connectivity index is 2.34. The summed E-state index contributed by atoms with van der Waals surface area (Å²) >= 11 is 9.90. The Hall–Kier alpha value is -0.0900. The first kappa shape index (κ1) is 15.3. The Morgan fingerprint density at radius 3 is 2.89 bits per heavy atom. The number of hydrogen-bond donors (Lipinski definition) is 1. The summed E-state index contributed by atoms with van der Waals surface area (Å²) in [7, 11) is 0. The van der Waals surface area contributed by atoms with Gasteiger partial charge in [0.05, 0.1) is 6.04 Å². The molecule has 1 saturated heterocycles. The minimum Gasteiger partial charge on any atom is -0.326 e. The fourth-order valence-corrected chi connectivity index (χ4v) is 3.75. The molecule has 0 amide bonds. The maximum Gasteiger partial charge on any atom is 0.0513 e. The summed E-state index contributed by atoms with van der Waals surface area (Å²) in [6, 6.07) is 6.57. The zero-order valence-electron chi connectivity index (χ0n) is 11.4. The lowest BCUT2D eigenvalue weighted by atomic mass is 9.96. The Kier molecular flexibility index (Phi) is 5.70. The standard InChI is InChI=1S/C15H22BrClN2/c1-2-8-19-9-4-3-5-14(18)15(19)12-7-6-11(16)10-13(12)17/h6-7,10,14-15H,2-5,8-9,18H2,1H3. The lowest BCUT2D eigenvalue weighted by Crippen LogP contribution is -2.40. The maximum atomic E-state index is 6.43. The van der Waals surface area contributed by atoms with Crippen molar-refractivity contribution in [1.29, 1.82) is 0 Å². The summed E-state index contributed by atoms with van der Waals surface area (Å²) in [5.74, 6) is 0. The summed E-state index contributed by atoms with van der Waals surface area (Å²) in [4.78, 5) is 2.51. The molecule has 0 spiro atoms. The van der Waals surface area contributed by atoms with Gasteiger partial charge in [-0.25, -0.2) is 0 Å². The molecule has 2 nitrogen and oxygen atoms in total. The first-order valence-corrected chi connectivity index (χ1v) is 8.25. The van der Waals surface area contributed by atoms with E-state index >= 15 is 0 Å². The summed E-state index contributed by atoms with van der Waals surface area (Å²) in [6.07, 6.45) is 4.68. The molecule has 1 aromatic carbocycles. The second-order valence-corrected chi connectivity index (χ2v) is 6.63. The zero-order valence-corrected chi connectivity index (χ0v) is 13.8. The van der Waals surface area contributed by atoms with Crippen LogP contribution in [0.2, 0.25) is 5.02 Å². The third-order valence-electron chi connectivity index (χ3n) is 3.82. The van der Waals surface area contributed by atoms with Gasteiger partial charge in [0.2, 0.25) is 0 Å². The molecule has 4 heteroatoms. The first-order valence-electron chi connectivity index (χ1n) is 7.08. The van der Waals surface area contributed by atoms with Crippen LogP contribution in [-0.4, -0.2) is 24.0 Å². The van der Waals surface area contributed by atoms with Gasteiger partial charge in [0.15, 0.2) is 0 Å². The molecule has 0 saturated carbocycles. The zero-order chi connectivity index (χ0) is 13.8. The van der Waals surface area contributed by atoms with Crippen LogP contribution in [0.25, 0.3) is 0 Å². The second kappa shape index (κ2) is 7.07. The Morgan fingerprint density at radius 2 is 2.21 bits per heavy atom. The molecule has 2 rings (SSSR count). The van der Waals surface area contributed by atoms with Crippen molar-refractivity contribution in [2.75, 3.05) is 13.1 Å². The first-order chi connectivity index (χ1) is 9.13. The highest BCUT2D eigenvalue weighted by Gasteiger charge is 2.29. The minimum absolute atomic E-state index is 0.174. The average Bonchev–Trinajstić information content (AvgIpc) is 2.53.